The van der Waals surface area contributed by atoms with Gasteiger partial charge in [-0.1, -0.05) is 36.4 Å². The maximum Gasteiger partial charge on any atom is 0.410 e. The number of methoxy groups -OCH3 is 1. The van der Waals surface area contributed by atoms with E-state index in [-0.39, 0.29) is 73.4 Å². The van der Waals surface area contributed by atoms with Crippen molar-refractivity contribution in [1.82, 2.24) is 19.8 Å². The van der Waals surface area contributed by atoms with E-state index < -0.39 is 23.9 Å². The maximum atomic E-state index is 14.7. The van der Waals surface area contributed by atoms with Crippen LogP contribution in [0.15, 0.2) is 48.5 Å². The van der Waals surface area contributed by atoms with Crippen molar-refractivity contribution in [3.05, 3.63) is 65.6 Å². The van der Waals surface area contributed by atoms with Gasteiger partial charge in [-0.05, 0) is 44.1 Å². The molecule has 5 rings (SSSR count). The van der Waals surface area contributed by atoms with Crippen molar-refractivity contribution in [1.29, 1.82) is 5.26 Å². The van der Waals surface area contributed by atoms with E-state index in [1.165, 1.54) is 30.2 Å². The van der Waals surface area contributed by atoms with E-state index in [4.69, 9.17) is 19.9 Å². The van der Waals surface area contributed by atoms with E-state index in [1.54, 1.807) is 4.90 Å². The van der Waals surface area contributed by atoms with Crippen LogP contribution in [0.25, 0.3) is 0 Å². The zero-order valence-corrected chi connectivity index (χ0v) is 25.8. The number of anilines is 3. The fourth-order valence-corrected chi connectivity index (χ4v) is 5.62. The van der Waals surface area contributed by atoms with Crippen LogP contribution in [0.2, 0.25) is 0 Å². The number of likely N-dealkylation sites (tertiary alicyclic amines) is 1. The summed E-state index contributed by atoms with van der Waals surface area (Å²) in [5, 5.41) is 12.1. The van der Waals surface area contributed by atoms with Gasteiger partial charge >= 0.3 is 12.1 Å². The highest BCUT2D eigenvalue weighted by atomic mass is 19.1. The molecule has 2 fully saturated rings. The van der Waals surface area contributed by atoms with E-state index >= 15 is 0 Å². The average Bonchev–Trinajstić information content (AvgIpc) is 3.48. The van der Waals surface area contributed by atoms with Gasteiger partial charge in [-0.25, -0.2) is 9.18 Å². The van der Waals surface area contributed by atoms with Crippen LogP contribution in [0, 0.1) is 17.1 Å². The second kappa shape index (κ2) is 14.7. The van der Waals surface area contributed by atoms with Gasteiger partial charge in [0.25, 0.3) is 5.91 Å². The lowest BCUT2D eigenvalue weighted by molar-refractivity contribution is 0.0768. The predicted molar refractivity (Wildman–Crippen MR) is 168 cm³/mol. The van der Waals surface area contributed by atoms with Crippen LogP contribution in [0.3, 0.4) is 0 Å². The summed E-state index contributed by atoms with van der Waals surface area (Å²) in [4.78, 5) is 41.0. The molecule has 2 aliphatic heterocycles. The van der Waals surface area contributed by atoms with Crippen molar-refractivity contribution in [2.24, 2.45) is 0 Å². The lowest BCUT2D eigenvalue weighted by Crippen LogP contribution is -2.55. The summed E-state index contributed by atoms with van der Waals surface area (Å²) in [5.74, 6) is -1.16. The first-order chi connectivity index (χ1) is 22.3. The Bertz CT molecular complexity index is 1590. The lowest BCUT2D eigenvalue weighted by Gasteiger charge is -2.40. The highest BCUT2D eigenvalue weighted by Crippen LogP contribution is 2.32. The first-order valence-corrected chi connectivity index (χ1v) is 15.0. The number of nitriles is 1. The van der Waals surface area contributed by atoms with E-state index in [1.807, 2.05) is 37.4 Å². The number of benzene rings is 2. The number of nitrogens with two attached hydrogens (primary N) is 1. The fraction of sp³-hybridized carbons (Fsp3) is 0.406. The molecule has 0 unspecified atom stereocenters. The molecule has 2 atom stereocenters. The van der Waals surface area contributed by atoms with E-state index in [2.05, 4.69) is 26.3 Å². The molecule has 3 N–H and O–H groups in total. The van der Waals surface area contributed by atoms with Crippen LogP contribution in [0.1, 0.15) is 35.3 Å². The number of carbonyl (C=O) groups excluding carboxylic acids is 2. The van der Waals surface area contributed by atoms with Gasteiger partial charge < -0.3 is 40.0 Å². The van der Waals surface area contributed by atoms with Crippen molar-refractivity contribution in [3.63, 3.8) is 0 Å². The number of nitrogen functional groups attached to an aromatic ring is 1. The third kappa shape index (κ3) is 7.37. The van der Waals surface area contributed by atoms with Gasteiger partial charge in [-0.15, -0.1) is 0 Å². The summed E-state index contributed by atoms with van der Waals surface area (Å²) in [6.45, 7) is 2.00. The first-order valence-electron chi connectivity index (χ1n) is 15.0. The zero-order valence-electron chi connectivity index (χ0n) is 25.8. The van der Waals surface area contributed by atoms with Crippen LogP contribution in [-0.2, 0) is 11.3 Å². The molecule has 14 heteroatoms. The standard InChI is InChI=1S/C32H37FN8O5/c1-39-15-7-10-23(39)20-45-31-37-28(30(42)36-27-24(33)11-6-12-25(27)44-2)26(35)29(38-31)40-16-17-41(22(18-40)13-14-34)32(43)46-19-21-8-4-3-5-9-21/h3-6,8-9,11-12,22-23H,7,10,13,15-20,35H2,1-2H3,(H,36,42)/t22-,23-/m0/s1. The van der Waals surface area contributed by atoms with Crippen LogP contribution in [-0.4, -0.2) is 90.8 Å². The van der Waals surface area contributed by atoms with Crippen LogP contribution in [0.5, 0.6) is 11.8 Å². The minimum absolute atomic E-state index is 0.0275. The molecular formula is C32H37FN8O5. The normalized spacial score (nSPS) is 18.1. The average molecular weight is 633 g/mol. The highest BCUT2D eigenvalue weighted by Gasteiger charge is 2.34. The van der Waals surface area contributed by atoms with Crippen LogP contribution in [0.4, 0.5) is 26.4 Å². The number of nitrogens with zero attached hydrogens (tertiary/aromatic N) is 6. The molecule has 13 nitrogen and oxygen atoms in total. The minimum atomic E-state index is -0.788. The molecule has 2 saturated heterocycles. The molecule has 0 radical (unpaired) electrons. The number of likely N-dealkylation sites (N-methyl/N-ethyl adjacent to an activating group) is 1. The molecule has 0 spiro atoms. The second-order valence-corrected chi connectivity index (χ2v) is 11.1. The quantitative estimate of drug-likeness (QED) is 0.336. The Morgan fingerprint density at radius 2 is 1.91 bits per heavy atom. The molecule has 2 aliphatic rings. The third-order valence-electron chi connectivity index (χ3n) is 8.18. The molecule has 3 heterocycles. The zero-order chi connectivity index (χ0) is 32.6. The van der Waals surface area contributed by atoms with Gasteiger partial charge in [0, 0.05) is 25.7 Å². The molecule has 46 heavy (non-hydrogen) atoms. The number of carbonyl (C=O) groups is 2. The van der Waals surface area contributed by atoms with Crippen molar-refractivity contribution < 1.29 is 28.2 Å². The molecule has 2 amide bonds. The van der Waals surface area contributed by atoms with Crippen molar-refractivity contribution in [3.8, 4) is 17.8 Å². The van der Waals surface area contributed by atoms with Gasteiger partial charge in [0.2, 0.25) is 0 Å². The number of ether oxygens (including phenoxy) is 3. The van der Waals surface area contributed by atoms with Gasteiger partial charge in [-0.3, -0.25) is 4.79 Å². The van der Waals surface area contributed by atoms with E-state index in [0.29, 0.717) is 6.61 Å². The number of rotatable bonds is 10. The van der Waals surface area contributed by atoms with Crippen molar-refractivity contribution >= 4 is 29.2 Å². The second-order valence-electron chi connectivity index (χ2n) is 11.1. The predicted octanol–water partition coefficient (Wildman–Crippen LogP) is 3.67. The molecule has 2 aromatic carbocycles. The van der Waals surface area contributed by atoms with Gasteiger partial charge in [-0.2, -0.15) is 15.2 Å². The lowest BCUT2D eigenvalue weighted by atomic mass is 10.1. The molecular weight excluding hydrogens is 595 g/mol. The van der Waals surface area contributed by atoms with E-state index in [0.717, 1.165) is 24.9 Å². The summed E-state index contributed by atoms with van der Waals surface area (Å²) in [6.07, 6.45) is 1.47. The largest absolute Gasteiger partial charge is 0.494 e. The molecule has 0 aliphatic carbocycles. The third-order valence-corrected chi connectivity index (χ3v) is 8.18. The Kier molecular flexibility index (Phi) is 10.3. The Balaban J connectivity index is 1.40. The molecule has 0 saturated carbocycles. The smallest absolute Gasteiger partial charge is 0.410 e. The first kappa shape index (κ1) is 32.2. The molecule has 1 aromatic heterocycles. The number of halogens is 1. The number of nitrogens with one attached hydrogen (secondary N) is 1. The summed E-state index contributed by atoms with van der Waals surface area (Å²) >= 11 is 0. The van der Waals surface area contributed by atoms with E-state index in [9.17, 15) is 19.2 Å². The molecule has 242 valence electrons. The monoisotopic (exact) mass is 632 g/mol. The highest BCUT2D eigenvalue weighted by molar-refractivity contribution is 6.08. The Morgan fingerprint density at radius 3 is 2.63 bits per heavy atom. The van der Waals surface area contributed by atoms with Gasteiger partial charge in [0.05, 0.1) is 25.6 Å². The molecule has 0 bridgehead atoms. The summed E-state index contributed by atoms with van der Waals surface area (Å²) in [7, 11) is 3.37. The number of amides is 2. The minimum Gasteiger partial charge on any atom is -0.494 e. The molecule has 3 aromatic rings. The van der Waals surface area contributed by atoms with Crippen molar-refractivity contribution in [2.45, 2.75) is 38.0 Å². The summed E-state index contributed by atoms with van der Waals surface area (Å²) in [6, 6.07) is 15.1. The van der Waals surface area contributed by atoms with Crippen molar-refractivity contribution in [2.75, 3.05) is 62.9 Å². The Labute approximate surface area is 266 Å². The number of hydrogen-bond donors (Lipinski definition) is 2. The Hall–Kier alpha value is -5.16. The summed E-state index contributed by atoms with van der Waals surface area (Å²) < 4.78 is 31.5. The maximum absolute atomic E-state index is 14.7. The SMILES string of the molecule is COc1cccc(F)c1NC(=O)c1nc(OC[C@@H]2CCCN2C)nc(N2CCN(C(=O)OCc3ccccc3)[C@@H](CC#N)C2)c1N. The number of hydrogen-bond acceptors (Lipinski definition) is 11. The van der Waals surface area contributed by atoms with Gasteiger partial charge in [0.1, 0.15) is 30.3 Å². The number of para-hydroxylation sites is 1. The topological polar surface area (TPSA) is 159 Å². The fourth-order valence-electron chi connectivity index (χ4n) is 5.62. The number of piperazine rings is 1. The van der Waals surface area contributed by atoms with Crippen LogP contribution < -0.4 is 25.4 Å². The van der Waals surface area contributed by atoms with Crippen LogP contribution >= 0.6 is 0 Å². The Morgan fingerprint density at radius 1 is 1.11 bits per heavy atom. The number of aromatic nitrogens is 2. The van der Waals surface area contributed by atoms with Gasteiger partial charge in [0.15, 0.2) is 17.3 Å². The summed E-state index contributed by atoms with van der Waals surface area (Å²) in [5.41, 5.74) is 6.93.